The summed E-state index contributed by atoms with van der Waals surface area (Å²) in [6, 6.07) is 0.269. The van der Waals surface area contributed by atoms with Crippen LogP contribution in [-0.2, 0) is 4.79 Å². The number of nitrogens with zero attached hydrogens (tertiary/aromatic N) is 1. The van der Waals surface area contributed by atoms with Crippen LogP contribution in [0.3, 0.4) is 0 Å². The Labute approximate surface area is 104 Å². The molecular weight excluding hydrogens is 212 g/mol. The van der Waals surface area contributed by atoms with Crippen molar-refractivity contribution in [2.24, 2.45) is 17.6 Å². The summed E-state index contributed by atoms with van der Waals surface area (Å²) in [5.74, 6) is 1.43. The minimum Gasteiger partial charge on any atom is -0.343 e. The van der Waals surface area contributed by atoms with Crippen LogP contribution in [0.4, 0.5) is 0 Å². The maximum Gasteiger partial charge on any atom is 0.223 e. The highest BCUT2D eigenvalue weighted by molar-refractivity contribution is 5.76. The summed E-state index contributed by atoms with van der Waals surface area (Å²) in [4.78, 5) is 14.1. The minimum atomic E-state index is 0.269. The number of rotatable bonds is 3. The normalized spacial score (nSPS) is 27.4. The lowest BCUT2D eigenvalue weighted by molar-refractivity contribution is -0.133. The van der Waals surface area contributed by atoms with E-state index in [0.717, 1.165) is 38.8 Å². The Morgan fingerprint density at radius 3 is 2.65 bits per heavy atom. The van der Waals surface area contributed by atoms with Crippen molar-refractivity contribution in [1.29, 1.82) is 0 Å². The third-order valence-corrected chi connectivity index (χ3v) is 4.19. The van der Waals surface area contributed by atoms with Crippen LogP contribution in [0.5, 0.6) is 0 Å². The zero-order valence-corrected chi connectivity index (χ0v) is 10.8. The van der Waals surface area contributed by atoms with Gasteiger partial charge in [0.05, 0.1) is 0 Å². The second kappa shape index (κ2) is 5.67. The summed E-state index contributed by atoms with van der Waals surface area (Å²) in [5, 5.41) is 0. The first kappa shape index (κ1) is 12.6. The van der Waals surface area contributed by atoms with Crippen LogP contribution in [0.25, 0.3) is 0 Å². The van der Waals surface area contributed by atoms with Crippen molar-refractivity contribution in [1.82, 2.24) is 4.90 Å². The molecule has 2 rings (SSSR count). The Bertz CT molecular complexity index is 291. The van der Waals surface area contributed by atoms with Gasteiger partial charge < -0.3 is 10.6 Å². The van der Waals surface area contributed by atoms with Gasteiger partial charge in [-0.05, 0) is 44.4 Å². The molecule has 2 atom stereocenters. The van der Waals surface area contributed by atoms with Gasteiger partial charge in [0, 0.05) is 25.6 Å². The summed E-state index contributed by atoms with van der Waals surface area (Å²) in [7, 11) is 0. The van der Waals surface area contributed by atoms with E-state index in [-0.39, 0.29) is 6.04 Å². The molecule has 0 radical (unpaired) electrons. The Hall–Kier alpha value is -0.830. The lowest BCUT2D eigenvalue weighted by Gasteiger charge is -2.34. The molecule has 0 bridgehead atoms. The molecule has 0 aromatic heterocycles. The first-order chi connectivity index (χ1) is 8.16. The Balaban J connectivity index is 1.76. The molecule has 0 saturated carbocycles. The van der Waals surface area contributed by atoms with Crippen LogP contribution < -0.4 is 5.73 Å². The van der Waals surface area contributed by atoms with Crippen LogP contribution in [0.1, 0.15) is 39.0 Å². The van der Waals surface area contributed by atoms with Gasteiger partial charge in [0.2, 0.25) is 5.91 Å². The van der Waals surface area contributed by atoms with Gasteiger partial charge in [-0.2, -0.15) is 0 Å². The van der Waals surface area contributed by atoms with Crippen molar-refractivity contribution in [2.45, 2.75) is 45.1 Å². The number of hydrogen-bond donors (Lipinski definition) is 1. The predicted octanol–water partition coefficient (Wildman–Crippen LogP) is 1.93. The fourth-order valence-electron chi connectivity index (χ4n) is 2.89. The number of hydrogen-bond acceptors (Lipinski definition) is 2. The van der Waals surface area contributed by atoms with Crippen molar-refractivity contribution < 1.29 is 4.79 Å². The molecule has 1 aliphatic heterocycles. The molecule has 2 aliphatic rings. The minimum absolute atomic E-state index is 0.269. The van der Waals surface area contributed by atoms with Gasteiger partial charge in [-0.1, -0.05) is 12.2 Å². The maximum absolute atomic E-state index is 12.1. The molecule has 1 amide bonds. The standard InChI is InChI=1S/C14H24N2O/c1-11(15)13-6-8-16(9-7-13)14(17)10-12-4-2-3-5-12/h2,4,11-13H,3,5-10,15H2,1H3. The van der Waals surface area contributed by atoms with E-state index in [2.05, 4.69) is 19.1 Å². The third kappa shape index (κ3) is 3.32. The fourth-order valence-corrected chi connectivity index (χ4v) is 2.89. The molecule has 3 heteroatoms. The van der Waals surface area contributed by atoms with Crippen LogP contribution in [0.15, 0.2) is 12.2 Å². The summed E-state index contributed by atoms with van der Waals surface area (Å²) in [5.41, 5.74) is 5.91. The number of carbonyl (C=O) groups is 1. The number of piperidine rings is 1. The SMILES string of the molecule is CC(N)C1CCN(C(=O)CC2C=CCC2)CC1. The molecule has 1 fully saturated rings. The highest BCUT2D eigenvalue weighted by atomic mass is 16.2. The van der Waals surface area contributed by atoms with Crippen LogP contribution in [-0.4, -0.2) is 29.9 Å². The van der Waals surface area contributed by atoms with Gasteiger partial charge in [-0.25, -0.2) is 0 Å². The summed E-state index contributed by atoms with van der Waals surface area (Å²) < 4.78 is 0. The second-order valence-corrected chi connectivity index (χ2v) is 5.55. The number of likely N-dealkylation sites (tertiary alicyclic amines) is 1. The van der Waals surface area contributed by atoms with Crippen molar-refractivity contribution in [2.75, 3.05) is 13.1 Å². The lowest BCUT2D eigenvalue weighted by Crippen LogP contribution is -2.42. The fraction of sp³-hybridized carbons (Fsp3) is 0.786. The molecule has 0 aromatic rings. The van der Waals surface area contributed by atoms with Gasteiger partial charge in [0.15, 0.2) is 0 Å². The van der Waals surface area contributed by atoms with Gasteiger partial charge in [0.1, 0.15) is 0 Å². The molecule has 17 heavy (non-hydrogen) atoms. The number of allylic oxidation sites excluding steroid dienone is 2. The van der Waals surface area contributed by atoms with E-state index < -0.39 is 0 Å². The largest absolute Gasteiger partial charge is 0.343 e. The van der Waals surface area contributed by atoms with E-state index in [0.29, 0.717) is 24.2 Å². The zero-order chi connectivity index (χ0) is 12.3. The molecule has 2 N–H and O–H groups in total. The van der Waals surface area contributed by atoms with Crippen molar-refractivity contribution in [3.05, 3.63) is 12.2 Å². The Morgan fingerprint density at radius 2 is 2.12 bits per heavy atom. The molecule has 1 heterocycles. The van der Waals surface area contributed by atoms with E-state index in [9.17, 15) is 4.79 Å². The van der Waals surface area contributed by atoms with Gasteiger partial charge in [-0.3, -0.25) is 4.79 Å². The van der Waals surface area contributed by atoms with Crippen LogP contribution >= 0.6 is 0 Å². The van der Waals surface area contributed by atoms with Gasteiger partial charge in [0.25, 0.3) is 0 Å². The highest BCUT2D eigenvalue weighted by Crippen LogP contribution is 2.24. The van der Waals surface area contributed by atoms with Crippen molar-refractivity contribution in [3.63, 3.8) is 0 Å². The lowest BCUT2D eigenvalue weighted by atomic mass is 9.90. The molecule has 0 aromatic carbocycles. The van der Waals surface area contributed by atoms with Crippen molar-refractivity contribution >= 4 is 5.91 Å². The van der Waals surface area contributed by atoms with E-state index in [1.165, 1.54) is 0 Å². The zero-order valence-electron chi connectivity index (χ0n) is 10.8. The van der Waals surface area contributed by atoms with E-state index in [4.69, 9.17) is 5.73 Å². The Morgan fingerprint density at radius 1 is 1.41 bits per heavy atom. The number of amides is 1. The molecular formula is C14H24N2O. The van der Waals surface area contributed by atoms with E-state index >= 15 is 0 Å². The number of nitrogens with two attached hydrogens (primary N) is 1. The first-order valence-electron chi connectivity index (χ1n) is 6.87. The van der Waals surface area contributed by atoms with Crippen LogP contribution in [0.2, 0.25) is 0 Å². The van der Waals surface area contributed by atoms with E-state index in [1.54, 1.807) is 0 Å². The maximum atomic E-state index is 12.1. The smallest absolute Gasteiger partial charge is 0.223 e. The molecule has 0 spiro atoms. The highest BCUT2D eigenvalue weighted by Gasteiger charge is 2.26. The first-order valence-corrected chi connectivity index (χ1v) is 6.87. The predicted molar refractivity (Wildman–Crippen MR) is 69.4 cm³/mol. The van der Waals surface area contributed by atoms with Gasteiger partial charge in [-0.15, -0.1) is 0 Å². The van der Waals surface area contributed by atoms with Gasteiger partial charge >= 0.3 is 0 Å². The molecule has 1 saturated heterocycles. The van der Waals surface area contributed by atoms with Crippen LogP contribution in [0, 0.1) is 11.8 Å². The second-order valence-electron chi connectivity index (χ2n) is 5.55. The molecule has 3 nitrogen and oxygen atoms in total. The quantitative estimate of drug-likeness (QED) is 0.761. The molecule has 2 unspecified atom stereocenters. The topological polar surface area (TPSA) is 46.3 Å². The molecule has 96 valence electrons. The average Bonchev–Trinajstić information content (AvgIpc) is 2.82. The summed E-state index contributed by atoms with van der Waals surface area (Å²) in [6.07, 6.45) is 9.55. The summed E-state index contributed by atoms with van der Waals surface area (Å²) >= 11 is 0. The van der Waals surface area contributed by atoms with Crippen molar-refractivity contribution in [3.8, 4) is 0 Å². The average molecular weight is 236 g/mol. The molecule has 1 aliphatic carbocycles. The van der Waals surface area contributed by atoms with E-state index in [1.807, 2.05) is 4.90 Å². The Kier molecular flexibility index (Phi) is 4.21. The summed E-state index contributed by atoms with van der Waals surface area (Å²) in [6.45, 7) is 3.88. The monoisotopic (exact) mass is 236 g/mol. The number of carbonyl (C=O) groups excluding carboxylic acids is 1. The third-order valence-electron chi connectivity index (χ3n) is 4.19.